The smallest absolute Gasteiger partial charge is 0.254 e. The number of imidazole rings is 1. The maximum Gasteiger partial charge on any atom is 0.254 e. The molecule has 5 heteroatoms. The van der Waals surface area contributed by atoms with Gasteiger partial charge in [0.05, 0.1) is 17.7 Å². The van der Waals surface area contributed by atoms with E-state index in [2.05, 4.69) is 27.5 Å². The third-order valence-electron chi connectivity index (χ3n) is 3.61. The molecule has 5 nitrogen and oxygen atoms in total. The van der Waals surface area contributed by atoms with Gasteiger partial charge < -0.3 is 10.3 Å². The zero-order valence-corrected chi connectivity index (χ0v) is 13.1. The fraction of sp³-hybridized carbons (Fsp3) is 0.222. The number of rotatable bonds is 6. The number of para-hydroxylation sites is 1. The Hall–Kier alpha value is -2.66. The van der Waals surface area contributed by atoms with Crippen LogP contribution in [0.2, 0.25) is 0 Å². The van der Waals surface area contributed by atoms with E-state index in [4.69, 9.17) is 0 Å². The third kappa shape index (κ3) is 3.40. The molecule has 3 N–H and O–H groups in total. The van der Waals surface area contributed by atoms with E-state index < -0.39 is 0 Å². The SMILES string of the molecule is CCCNCNC(=O)c1cccc2[nH]c(-c3ccccc3)nc12. The lowest BCUT2D eigenvalue weighted by Gasteiger charge is -2.06. The van der Waals surface area contributed by atoms with E-state index in [9.17, 15) is 4.79 Å². The van der Waals surface area contributed by atoms with Crippen molar-refractivity contribution in [2.24, 2.45) is 0 Å². The van der Waals surface area contributed by atoms with Crippen LogP contribution in [0.15, 0.2) is 48.5 Å². The summed E-state index contributed by atoms with van der Waals surface area (Å²) in [6.45, 7) is 3.43. The molecule has 0 saturated heterocycles. The van der Waals surface area contributed by atoms with Crippen LogP contribution in [-0.4, -0.2) is 29.1 Å². The second-order valence-electron chi connectivity index (χ2n) is 5.34. The van der Waals surface area contributed by atoms with Crippen LogP contribution in [0.5, 0.6) is 0 Å². The van der Waals surface area contributed by atoms with Gasteiger partial charge in [0.1, 0.15) is 11.3 Å². The maximum atomic E-state index is 12.4. The second-order valence-corrected chi connectivity index (χ2v) is 5.34. The highest BCUT2D eigenvalue weighted by Gasteiger charge is 2.13. The number of fused-ring (bicyclic) bond motifs is 1. The van der Waals surface area contributed by atoms with Gasteiger partial charge in [-0.1, -0.05) is 43.3 Å². The number of carbonyl (C=O) groups excluding carboxylic acids is 1. The van der Waals surface area contributed by atoms with Gasteiger partial charge in [-0.05, 0) is 25.1 Å². The van der Waals surface area contributed by atoms with Gasteiger partial charge >= 0.3 is 0 Å². The molecule has 3 rings (SSSR count). The van der Waals surface area contributed by atoms with E-state index in [-0.39, 0.29) is 5.91 Å². The van der Waals surface area contributed by atoms with Gasteiger partial charge in [-0.2, -0.15) is 0 Å². The van der Waals surface area contributed by atoms with Crippen LogP contribution >= 0.6 is 0 Å². The molecule has 118 valence electrons. The Bertz CT molecular complexity index is 795. The number of hydrogen-bond acceptors (Lipinski definition) is 3. The van der Waals surface area contributed by atoms with Crippen LogP contribution in [0.4, 0.5) is 0 Å². The molecule has 2 aromatic carbocycles. The van der Waals surface area contributed by atoms with Crippen LogP contribution in [0.1, 0.15) is 23.7 Å². The number of amides is 1. The third-order valence-corrected chi connectivity index (χ3v) is 3.61. The molecule has 0 atom stereocenters. The number of aromatic amines is 1. The molecular weight excluding hydrogens is 288 g/mol. The average Bonchev–Trinajstić information content (AvgIpc) is 3.03. The summed E-state index contributed by atoms with van der Waals surface area (Å²) in [5.41, 5.74) is 3.14. The van der Waals surface area contributed by atoms with Gasteiger partial charge in [0.25, 0.3) is 5.91 Å². The molecule has 0 aliphatic heterocycles. The Labute approximate surface area is 135 Å². The van der Waals surface area contributed by atoms with Crippen LogP contribution in [0.3, 0.4) is 0 Å². The highest BCUT2D eigenvalue weighted by molar-refractivity contribution is 6.05. The van der Waals surface area contributed by atoms with Crippen molar-refractivity contribution in [2.45, 2.75) is 13.3 Å². The van der Waals surface area contributed by atoms with Gasteiger partial charge in [0.15, 0.2) is 0 Å². The molecule has 23 heavy (non-hydrogen) atoms. The molecule has 0 unspecified atom stereocenters. The van der Waals surface area contributed by atoms with Crippen molar-refractivity contribution in [3.05, 3.63) is 54.1 Å². The van der Waals surface area contributed by atoms with Crippen molar-refractivity contribution >= 4 is 16.9 Å². The summed E-state index contributed by atoms with van der Waals surface area (Å²) in [5, 5.41) is 6.03. The van der Waals surface area contributed by atoms with Crippen molar-refractivity contribution in [1.82, 2.24) is 20.6 Å². The van der Waals surface area contributed by atoms with Gasteiger partial charge in [0.2, 0.25) is 0 Å². The lowest BCUT2D eigenvalue weighted by Crippen LogP contribution is -2.34. The zero-order chi connectivity index (χ0) is 16.1. The maximum absolute atomic E-state index is 12.4. The summed E-state index contributed by atoms with van der Waals surface area (Å²) in [4.78, 5) is 20.3. The van der Waals surface area contributed by atoms with Crippen molar-refractivity contribution in [1.29, 1.82) is 0 Å². The standard InChI is InChI=1S/C18H20N4O/c1-2-11-19-12-20-18(23)14-9-6-10-15-16(14)22-17(21-15)13-7-4-3-5-8-13/h3-10,19H,2,11-12H2,1H3,(H,20,23)(H,21,22). The Morgan fingerprint density at radius 1 is 1.13 bits per heavy atom. The zero-order valence-electron chi connectivity index (χ0n) is 13.1. The van der Waals surface area contributed by atoms with Crippen LogP contribution < -0.4 is 10.6 Å². The molecule has 0 aliphatic carbocycles. The van der Waals surface area contributed by atoms with E-state index >= 15 is 0 Å². The van der Waals surface area contributed by atoms with Crippen LogP contribution in [-0.2, 0) is 0 Å². The monoisotopic (exact) mass is 308 g/mol. The molecule has 1 heterocycles. The summed E-state index contributed by atoms with van der Waals surface area (Å²) in [6.07, 6.45) is 1.03. The van der Waals surface area contributed by atoms with Crippen molar-refractivity contribution in [3.63, 3.8) is 0 Å². The van der Waals surface area contributed by atoms with Crippen molar-refractivity contribution < 1.29 is 4.79 Å². The van der Waals surface area contributed by atoms with Gasteiger partial charge in [-0.15, -0.1) is 0 Å². The number of H-pyrrole nitrogens is 1. The first-order valence-electron chi connectivity index (χ1n) is 7.82. The first-order chi connectivity index (χ1) is 11.3. The Morgan fingerprint density at radius 3 is 2.74 bits per heavy atom. The van der Waals surface area contributed by atoms with Crippen molar-refractivity contribution in [3.8, 4) is 11.4 Å². The lowest BCUT2D eigenvalue weighted by atomic mass is 10.2. The van der Waals surface area contributed by atoms with E-state index in [0.717, 1.165) is 29.9 Å². The van der Waals surface area contributed by atoms with Crippen LogP contribution in [0, 0.1) is 0 Å². The minimum atomic E-state index is -0.120. The predicted molar refractivity (Wildman–Crippen MR) is 92.2 cm³/mol. The highest BCUT2D eigenvalue weighted by Crippen LogP contribution is 2.22. The number of benzene rings is 2. The fourth-order valence-electron chi connectivity index (χ4n) is 2.45. The van der Waals surface area contributed by atoms with Crippen LogP contribution in [0.25, 0.3) is 22.4 Å². The predicted octanol–water partition coefficient (Wildman–Crippen LogP) is 2.92. The first-order valence-corrected chi connectivity index (χ1v) is 7.82. The first kappa shape index (κ1) is 15.2. The molecule has 1 aromatic heterocycles. The number of carbonyl (C=O) groups is 1. The quantitative estimate of drug-likeness (QED) is 0.484. The summed E-state index contributed by atoms with van der Waals surface area (Å²) < 4.78 is 0. The molecule has 0 spiro atoms. The molecular formula is C18H20N4O. The summed E-state index contributed by atoms with van der Waals surface area (Å²) in [7, 11) is 0. The molecule has 3 aromatic rings. The van der Waals surface area contributed by atoms with E-state index in [0.29, 0.717) is 17.7 Å². The van der Waals surface area contributed by atoms with Gasteiger partial charge in [-0.3, -0.25) is 10.1 Å². The Kier molecular flexibility index (Phi) is 4.68. The topological polar surface area (TPSA) is 69.8 Å². The average molecular weight is 308 g/mol. The summed E-state index contributed by atoms with van der Waals surface area (Å²) in [5.74, 6) is 0.648. The molecule has 0 radical (unpaired) electrons. The summed E-state index contributed by atoms with van der Waals surface area (Å²) in [6, 6.07) is 15.5. The highest BCUT2D eigenvalue weighted by atomic mass is 16.1. The molecule has 0 fully saturated rings. The fourth-order valence-corrected chi connectivity index (χ4v) is 2.45. The Balaban J connectivity index is 1.87. The minimum Gasteiger partial charge on any atom is -0.339 e. The van der Waals surface area contributed by atoms with Gasteiger partial charge in [-0.25, -0.2) is 4.98 Å². The molecule has 1 amide bonds. The second kappa shape index (κ2) is 7.07. The normalized spacial score (nSPS) is 10.8. The van der Waals surface area contributed by atoms with Gasteiger partial charge in [0, 0.05) is 5.56 Å². The molecule has 0 aliphatic rings. The van der Waals surface area contributed by atoms with Crippen molar-refractivity contribution in [2.75, 3.05) is 13.2 Å². The number of nitrogens with one attached hydrogen (secondary N) is 3. The lowest BCUT2D eigenvalue weighted by molar-refractivity contribution is 0.0952. The van der Waals surface area contributed by atoms with E-state index in [1.54, 1.807) is 6.07 Å². The van der Waals surface area contributed by atoms with E-state index in [1.165, 1.54) is 0 Å². The number of nitrogens with zero attached hydrogens (tertiary/aromatic N) is 1. The van der Waals surface area contributed by atoms with E-state index in [1.807, 2.05) is 42.5 Å². The largest absolute Gasteiger partial charge is 0.339 e. The Morgan fingerprint density at radius 2 is 1.96 bits per heavy atom. The summed E-state index contributed by atoms with van der Waals surface area (Å²) >= 11 is 0. The number of aromatic nitrogens is 2. The minimum absolute atomic E-state index is 0.120. The number of hydrogen-bond donors (Lipinski definition) is 3. The molecule has 0 bridgehead atoms. The molecule has 0 saturated carbocycles.